The molecule has 3 rings (SSSR count). The number of benzene rings is 1. The average Bonchev–Trinajstić information content (AvgIpc) is 2.97. The third-order valence-electron chi connectivity index (χ3n) is 3.58. The van der Waals surface area contributed by atoms with E-state index in [4.69, 9.17) is 4.74 Å². The predicted molar refractivity (Wildman–Crippen MR) is 75.2 cm³/mol. The fourth-order valence-electron chi connectivity index (χ4n) is 2.56. The first-order valence-corrected chi connectivity index (χ1v) is 6.73. The molecule has 0 radical (unpaired) electrons. The number of aromatic carboxylic acids is 1. The molecule has 20 heavy (non-hydrogen) atoms. The third-order valence-corrected chi connectivity index (χ3v) is 3.58. The number of carboxylic acids is 1. The molecular weight excluding hydrogens is 256 g/mol. The number of aromatic nitrogens is 1. The first-order valence-electron chi connectivity index (χ1n) is 6.73. The lowest BCUT2D eigenvalue weighted by Gasteiger charge is -2.13. The van der Waals surface area contributed by atoms with Crippen molar-refractivity contribution in [2.75, 3.05) is 13.2 Å². The Morgan fingerprint density at radius 3 is 3.05 bits per heavy atom. The Hall–Kier alpha value is -2.14. The molecule has 0 saturated carbocycles. The Bertz CT molecular complexity index is 636. The average molecular weight is 272 g/mol. The van der Waals surface area contributed by atoms with Crippen molar-refractivity contribution < 1.29 is 14.6 Å². The zero-order valence-electron chi connectivity index (χ0n) is 11.0. The lowest BCUT2D eigenvalue weighted by Crippen LogP contribution is -2.28. The van der Waals surface area contributed by atoms with E-state index in [-0.39, 0.29) is 5.56 Å². The van der Waals surface area contributed by atoms with E-state index < -0.39 is 5.97 Å². The van der Waals surface area contributed by atoms with Crippen LogP contribution >= 0.6 is 0 Å². The summed E-state index contributed by atoms with van der Waals surface area (Å²) in [7, 11) is 0. The van der Waals surface area contributed by atoms with Crippen LogP contribution in [-0.2, 0) is 0 Å². The van der Waals surface area contributed by atoms with Crippen molar-refractivity contribution in [2.24, 2.45) is 0 Å². The topological polar surface area (TPSA) is 71.5 Å². The summed E-state index contributed by atoms with van der Waals surface area (Å²) < 4.78 is 5.77. The van der Waals surface area contributed by atoms with Crippen LogP contribution in [0.4, 0.5) is 0 Å². The number of fused-ring (bicyclic) bond motifs is 1. The predicted octanol–water partition coefficient (Wildman–Crippen LogP) is 2.06. The van der Waals surface area contributed by atoms with E-state index in [0.29, 0.717) is 23.9 Å². The van der Waals surface area contributed by atoms with E-state index in [1.54, 1.807) is 24.4 Å². The van der Waals surface area contributed by atoms with Gasteiger partial charge in [0.05, 0.1) is 5.56 Å². The highest BCUT2D eigenvalue weighted by molar-refractivity contribution is 6.04. The summed E-state index contributed by atoms with van der Waals surface area (Å²) in [5.41, 5.74) is 0.272. The van der Waals surface area contributed by atoms with Crippen LogP contribution in [0.5, 0.6) is 5.88 Å². The Morgan fingerprint density at radius 2 is 2.30 bits per heavy atom. The molecule has 2 aromatic rings. The van der Waals surface area contributed by atoms with Crippen LogP contribution in [0.2, 0.25) is 0 Å². The number of carbonyl (C=O) groups is 1. The summed E-state index contributed by atoms with van der Waals surface area (Å²) in [4.78, 5) is 15.4. The summed E-state index contributed by atoms with van der Waals surface area (Å²) in [6.07, 6.45) is 3.86. The zero-order valence-corrected chi connectivity index (χ0v) is 11.0. The van der Waals surface area contributed by atoms with E-state index in [1.165, 1.54) is 6.42 Å². The van der Waals surface area contributed by atoms with Gasteiger partial charge in [0.2, 0.25) is 5.88 Å². The van der Waals surface area contributed by atoms with Gasteiger partial charge >= 0.3 is 5.97 Å². The molecule has 1 saturated heterocycles. The zero-order chi connectivity index (χ0) is 13.9. The highest BCUT2D eigenvalue weighted by Gasteiger charge is 2.16. The van der Waals surface area contributed by atoms with Gasteiger partial charge in [-0.15, -0.1) is 0 Å². The second kappa shape index (κ2) is 5.46. The minimum atomic E-state index is -0.940. The number of hydrogen-bond donors (Lipinski definition) is 2. The minimum absolute atomic E-state index is 0.272. The van der Waals surface area contributed by atoms with Gasteiger partial charge in [-0.25, -0.2) is 9.78 Å². The van der Waals surface area contributed by atoms with Crippen molar-refractivity contribution >= 4 is 16.7 Å². The van der Waals surface area contributed by atoms with Crippen LogP contribution in [0.25, 0.3) is 10.8 Å². The van der Waals surface area contributed by atoms with Crippen molar-refractivity contribution in [3.8, 4) is 5.88 Å². The molecule has 104 valence electrons. The fraction of sp³-hybridized carbons (Fsp3) is 0.333. The van der Waals surface area contributed by atoms with Gasteiger partial charge in [0.25, 0.3) is 0 Å². The van der Waals surface area contributed by atoms with E-state index >= 15 is 0 Å². The van der Waals surface area contributed by atoms with Gasteiger partial charge in [-0.05, 0) is 37.6 Å². The van der Waals surface area contributed by atoms with E-state index in [0.717, 1.165) is 18.4 Å². The maximum atomic E-state index is 11.2. The van der Waals surface area contributed by atoms with E-state index in [1.807, 2.05) is 6.07 Å². The van der Waals surface area contributed by atoms with Crippen LogP contribution in [0, 0.1) is 0 Å². The number of ether oxygens (including phenoxy) is 1. The molecule has 1 fully saturated rings. The quantitative estimate of drug-likeness (QED) is 0.891. The van der Waals surface area contributed by atoms with Gasteiger partial charge < -0.3 is 15.2 Å². The van der Waals surface area contributed by atoms with Crippen LogP contribution in [0.1, 0.15) is 23.2 Å². The fourth-order valence-corrected chi connectivity index (χ4v) is 2.56. The molecular formula is C15H16N2O3. The molecule has 1 unspecified atom stereocenters. The van der Waals surface area contributed by atoms with Gasteiger partial charge in [-0.2, -0.15) is 0 Å². The molecule has 0 bridgehead atoms. The van der Waals surface area contributed by atoms with Crippen molar-refractivity contribution in [1.29, 1.82) is 0 Å². The van der Waals surface area contributed by atoms with Gasteiger partial charge in [0.1, 0.15) is 6.61 Å². The highest BCUT2D eigenvalue weighted by atomic mass is 16.5. The number of nitrogens with one attached hydrogen (secondary N) is 1. The monoisotopic (exact) mass is 272 g/mol. The molecule has 5 nitrogen and oxygen atoms in total. The molecule has 1 aromatic heterocycles. The number of rotatable bonds is 4. The van der Waals surface area contributed by atoms with Crippen molar-refractivity contribution in [3.63, 3.8) is 0 Å². The second-order valence-corrected chi connectivity index (χ2v) is 4.93. The van der Waals surface area contributed by atoms with E-state index in [2.05, 4.69) is 10.3 Å². The highest BCUT2D eigenvalue weighted by Crippen LogP contribution is 2.26. The molecule has 1 atom stereocenters. The lowest BCUT2D eigenvalue weighted by atomic mass is 10.1. The summed E-state index contributed by atoms with van der Waals surface area (Å²) in [6.45, 7) is 1.59. The SMILES string of the molecule is O=C(O)c1cccc2c(OCC3CCCN3)nccc12. The number of hydrogen-bond acceptors (Lipinski definition) is 4. The Kier molecular flexibility index (Phi) is 3.52. The second-order valence-electron chi connectivity index (χ2n) is 4.93. The first-order chi connectivity index (χ1) is 9.75. The number of nitrogens with zero attached hydrogens (tertiary/aromatic N) is 1. The van der Waals surface area contributed by atoms with Crippen LogP contribution < -0.4 is 10.1 Å². The Morgan fingerprint density at radius 1 is 1.40 bits per heavy atom. The number of pyridine rings is 1. The van der Waals surface area contributed by atoms with Gasteiger partial charge in [0, 0.05) is 23.0 Å². The number of carboxylic acid groups (broad SMARTS) is 1. The summed E-state index contributed by atoms with van der Waals surface area (Å²) in [5, 5.41) is 14.0. The smallest absolute Gasteiger partial charge is 0.336 e. The third kappa shape index (κ3) is 2.44. The largest absolute Gasteiger partial charge is 0.478 e. The van der Waals surface area contributed by atoms with Gasteiger partial charge in [-0.1, -0.05) is 6.07 Å². The molecule has 1 aliphatic rings. The normalized spacial score (nSPS) is 18.3. The lowest BCUT2D eigenvalue weighted by molar-refractivity contribution is 0.0699. The molecule has 1 aromatic carbocycles. The first kappa shape index (κ1) is 12.9. The van der Waals surface area contributed by atoms with Crippen molar-refractivity contribution in [3.05, 3.63) is 36.0 Å². The van der Waals surface area contributed by atoms with Crippen molar-refractivity contribution in [1.82, 2.24) is 10.3 Å². The minimum Gasteiger partial charge on any atom is -0.478 e. The van der Waals surface area contributed by atoms with Crippen LogP contribution in [-0.4, -0.2) is 35.3 Å². The summed E-state index contributed by atoms with van der Waals surface area (Å²) in [6, 6.07) is 7.21. The van der Waals surface area contributed by atoms with Gasteiger partial charge in [0.15, 0.2) is 0 Å². The van der Waals surface area contributed by atoms with Crippen molar-refractivity contribution in [2.45, 2.75) is 18.9 Å². The molecule has 0 spiro atoms. The van der Waals surface area contributed by atoms with Gasteiger partial charge in [-0.3, -0.25) is 0 Å². The molecule has 0 aliphatic carbocycles. The van der Waals surface area contributed by atoms with Crippen LogP contribution in [0.3, 0.4) is 0 Å². The maximum absolute atomic E-state index is 11.2. The Labute approximate surface area is 116 Å². The van der Waals surface area contributed by atoms with E-state index in [9.17, 15) is 9.90 Å². The molecule has 2 heterocycles. The Balaban J connectivity index is 1.90. The summed E-state index contributed by atoms with van der Waals surface area (Å²) in [5.74, 6) is -0.440. The molecule has 0 amide bonds. The molecule has 1 aliphatic heterocycles. The van der Waals surface area contributed by atoms with Crippen LogP contribution in [0.15, 0.2) is 30.5 Å². The summed E-state index contributed by atoms with van der Waals surface area (Å²) >= 11 is 0. The molecule has 2 N–H and O–H groups in total. The standard InChI is InChI=1S/C15H16N2O3/c18-15(19)13-5-1-4-12-11(13)6-8-17-14(12)20-9-10-3-2-7-16-10/h1,4-6,8,10,16H,2-3,7,9H2,(H,18,19). The maximum Gasteiger partial charge on any atom is 0.336 e. The molecule has 5 heteroatoms.